The van der Waals surface area contributed by atoms with Gasteiger partial charge in [-0.05, 0) is 43.3 Å². The molecule has 0 fully saturated rings. The van der Waals surface area contributed by atoms with E-state index in [2.05, 4.69) is 10.6 Å². The lowest BCUT2D eigenvalue weighted by molar-refractivity contribution is -0.123. The summed E-state index contributed by atoms with van der Waals surface area (Å²) >= 11 is 0. The van der Waals surface area contributed by atoms with Gasteiger partial charge in [0.2, 0.25) is 0 Å². The molecule has 1 atom stereocenters. The molecule has 2 aromatic carbocycles. The molecule has 25 heavy (non-hydrogen) atoms. The summed E-state index contributed by atoms with van der Waals surface area (Å²) in [5.41, 5.74) is 5.71. The van der Waals surface area contributed by atoms with Crippen LogP contribution in [0, 0.1) is 5.82 Å². The molecule has 0 unspecified atom stereocenters. The normalized spacial score (nSPS) is 11.3. The minimum Gasteiger partial charge on any atom is -0.449 e. The number of urea groups is 1. The second-order valence-corrected chi connectivity index (χ2v) is 5.12. The van der Waals surface area contributed by atoms with Gasteiger partial charge in [-0.25, -0.2) is 14.0 Å². The van der Waals surface area contributed by atoms with Gasteiger partial charge in [0.05, 0.1) is 5.56 Å². The molecule has 0 saturated heterocycles. The molecule has 0 aliphatic heterocycles. The Hall–Kier alpha value is -3.42. The van der Waals surface area contributed by atoms with Gasteiger partial charge in [-0.2, -0.15) is 0 Å². The number of anilines is 2. The van der Waals surface area contributed by atoms with Gasteiger partial charge in [0, 0.05) is 11.4 Å². The highest BCUT2D eigenvalue weighted by Crippen LogP contribution is 2.14. The molecule has 8 heteroatoms. The Morgan fingerprint density at radius 2 is 1.68 bits per heavy atom. The zero-order chi connectivity index (χ0) is 18.4. The zero-order valence-electron chi connectivity index (χ0n) is 13.3. The molecule has 0 aliphatic rings. The summed E-state index contributed by atoms with van der Waals surface area (Å²) in [5.74, 6) is -1.86. The van der Waals surface area contributed by atoms with Crippen molar-refractivity contribution in [3.63, 3.8) is 0 Å². The van der Waals surface area contributed by atoms with Crippen molar-refractivity contribution >= 4 is 29.3 Å². The van der Waals surface area contributed by atoms with Crippen molar-refractivity contribution in [1.29, 1.82) is 0 Å². The highest BCUT2D eigenvalue weighted by Gasteiger charge is 2.19. The fraction of sp³-hybridized carbons (Fsp3) is 0.118. The van der Waals surface area contributed by atoms with E-state index in [1.807, 2.05) is 0 Å². The Bertz CT molecular complexity index is 810. The van der Waals surface area contributed by atoms with Gasteiger partial charge < -0.3 is 21.1 Å². The monoisotopic (exact) mass is 345 g/mol. The number of ether oxygens (including phenoxy) is 1. The van der Waals surface area contributed by atoms with Crippen molar-refractivity contribution in [2.24, 2.45) is 5.73 Å². The summed E-state index contributed by atoms with van der Waals surface area (Å²) in [6.07, 6.45) is -1.11. The maximum absolute atomic E-state index is 13.1. The molecule has 130 valence electrons. The summed E-state index contributed by atoms with van der Waals surface area (Å²) in [6.45, 7) is 1.39. The minimum atomic E-state index is -1.11. The number of esters is 1. The van der Waals surface area contributed by atoms with Crippen molar-refractivity contribution in [1.82, 2.24) is 0 Å². The van der Waals surface area contributed by atoms with E-state index < -0.39 is 29.8 Å². The van der Waals surface area contributed by atoms with Gasteiger partial charge in [0.25, 0.3) is 5.91 Å². The van der Waals surface area contributed by atoms with Gasteiger partial charge in [-0.15, -0.1) is 0 Å². The van der Waals surface area contributed by atoms with E-state index >= 15 is 0 Å². The van der Waals surface area contributed by atoms with Crippen LogP contribution in [0.3, 0.4) is 0 Å². The number of hydrogen-bond donors (Lipinski definition) is 3. The van der Waals surface area contributed by atoms with Crippen LogP contribution in [0.4, 0.5) is 20.6 Å². The number of nitrogens with two attached hydrogens (primary N) is 1. The molecule has 2 aromatic rings. The number of primary amides is 1. The number of halogens is 1. The fourth-order valence-corrected chi connectivity index (χ4v) is 1.96. The summed E-state index contributed by atoms with van der Waals surface area (Å²) in [7, 11) is 0. The molecule has 0 aromatic heterocycles. The quantitative estimate of drug-likeness (QED) is 0.723. The zero-order valence-corrected chi connectivity index (χ0v) is 13.3. The van der Waals surface area contributed by atoms with Crippen LogP contribution >= 0.6 is 0 Å². The van der Waals surface area contributed by atoms with Crippen LogP contribution in [0.5, 0.6) is 0 Å². The van der Waals surface area contributed by atoms with Crippen LogP contribution in [0.15, 0.2) is 48.5 Å². The molecule has 7 nitrogen and oxygen atoms in total. The first-order valence-electron chi connectivity index (χ1n) is 7.29. The topological polar surface area (TPSA) is 111 Å². The lowest BCUT2D eigenvalue weighted by Gasteiger charge is -2.14. The molecule has 0 spiro atoms. The molecular formula is C17H16FN3O4. The molecule has 4 N–H and O–H groups in total. The Morgan fingerprint density at radius 3 is 2.32 bits per heavy atom. The molecule has 0 radical (unpaired) electrons. The first-order chi connectivity index (χ1) is 11.8. The number of hydrogen-bond acceptors (Lipinski definition) is 4. The third kappa shape index (κ3) is 5.31. The Morgan fingerprint density at radius 1 is 1.04 bits per heavy atom. The van der Waals surface area contributed by atoms with Gasteiger partial charge in [-0.3, -0.25) is 4.79 Å². The smallest absolute Gasteiger partial charge is 0.338 e. The van der Waals surface area contributed by atoms with Crippen LogP contribution < -0.4 is 16.4 Å². The Kier molecular flexibility index (Phi) is 5.67. The highest BCUT2D eigenvalue weighted by molar-refractivity contribution is 5.98. The number of amides is 3. The number of carbonyl (C=O) groups is 3. The van der Waals surface area contributed by atoms with Gasteiger partial charge in [-0.1, -0.05) is 12.1 Å². The summed E-state index contributed by atoms with van der Waals surface area (Å²) < 4.78 is 18.2. The molecule has 0 heterocycles. The van der Waals surface area contributed by atoms with Crippen LogP contribution in [0.2, 0.25) is 0 Å². The molecule has 0 saturated carbocycles. The largest absolute Gasteiger partial charge is 0.449 e. The van der Waals surface area contributed by atoms with E-state index in [0.717, 1.165) is 6.07 Å². The maximum Gasteiger partial charge on any atom is 0.338 e. The van der Waals surface area contributed by atoms with E-state index in [9.17, 15) is 18.8 Å². The number of nitrogens with one attached hydrogen (secondary N) is 2. The van der Waals surface area contributed by atoms with Crippen molar-refractivity contribution in [2.45, 2.75) is 13.0 Å². The molecule has 3 amide bonds. The SMILES string of the molecule is C[C@@H](OC(=O)c1cccc(NC(N)=O)c1)C(=O)Nc1cccc(F)c1. The predicted octanol–water partition coefficient (Wildman–Crippen LogP) is 2.50. The number of rotatable bonds is 5. The first-order valence-corrected chi connectivity index (χ1v) is 7.29. The third-order valence-electron chi connectivity index (χ3n) is 3.11. The number of carbonyl (C=O) groups excluding carboxylic acids is 3. The lowest BCUT2D eigenvalue weighted by Crippen LogP contribution is -2.30. The second-order valence-electron chi connectivity index (χ2n) is 5.12. The minimum absolute atomic E-state index is 0.136. The third-order valence-corrected chi connectivity index (χ3v) is 3.11. The van der Waals surface area contributed by atoms with Crippen molar-refractivity contribution in [3.05, 3.63) is 59.9 Å². The van der Waals surface area contributed by atoms with Crippen LogP contribution in [-0.4, -0.2) is 24.0 Å². The molecular weight excluding hydrogens is 329 g/mol. The van der Waals surface area contributed by atoms with Crippen LogP contribution in [0.1, 0.15) is 17.3 Å². The highest BCUT2D eigenvalue weighted by atomic mass is 19.1. The summed E-state index contributed by atoms with van der Waals surface area (Å²) in [6, 6.07) is 10.5. The van der Waals surface area contributed by atoms with E-state index in [-0.39, 0.29) is 11.3 Å². The van der Waals surface area contributed by atoms with Crippen LogP contribution in [-0.2, 0) is 9.53 Å². The Balaban J connectivity index is 1.99. The van der Waals surface area contributed by atoms with Gasteiger partial charge in [0.1, 0.15) is 5.82 Å². The standard InChI is InChI=1S/C17H16FN3O4/c1-10(15(22)20-14-7-3-5-12(18)9-14)25-16(23)11-4-2-6-13(8-11)21-17(19)24/h2-10H,1H3,(H,20,22)(H3,19,21,24)/t10-/m1/s1. The van der Waals surface area contributed by atoms with Gasteiger partial charge in [0.15, 0.2) is 6.10 Å². The average molecular weight is 345 g/mol. The average Bonchev–Trinajstić information content (AvgIpc) is 2.54. The summed E-state index contributed by atoms with van der Waals surface area (Å²) in [5, 5.41) is 4.78. The van der Waals surface area contributed by atoms with Crippen molar-refractivity contribution < 1.29 is 23.5 Å². The van der Waals surface area contributed by atoms with Gasteiger partial charge >= 0.3 is 12.0 Å². The van der Waals surface area contributed by atoms with Crippen LogP contribution in [0.25, 0.3) is 0 Å². The molecule has 0 bridgehead atoms. The lowest BCUT2D eigenvalue weighted by atomic mass is 10.2. The molecule has 2 rings (SSSR count). The maximum atomic E-state index is 13.1. The second kappa shape index (κ2) is 7.91. The number of benzene rings is 2. The van der Waals surface area contributed by atoms with Crippen molar-refractivity contribution in [2.75, 3.05) is 10.6 Å². The van der Waals surface area contributed by atoms with E-state index in [1.54, 1.807) is 6.07 Å². The van der Waals surface area contributed by atoms with E-state index in [0.29, 0.717) is 5.69 Å². The van der Waals surface area contributed by atoms with E-state index in [1.165, 1.54) is 43.3 Å². The van der Waals surface area contributed by atoms with E-state index in [4.69, 9.17) is 10.5 Å². The molecule has 0 aliphatic carbocycles. The Labute approximate surface area is 143 Å². The fourth-order valence-electron chi connectivity index (χ4n) is 1.96. The first kappa shape index (κ1) is 17.9. The predicted molar refractivity (Wildman–Crippen MR) is 89.6 cm³/mol. The van der Waals surface area contributed by atoms with Crippen molar-refractivity contribution in [3.8, 4) is 0 Å². The summed E-state index contributed by atoms with van der Waals surface area (Å²) in [4.78, 5) is 34.9.